The molecule has 2 bridgehead atoms. The zero-order valence-electron chi connectivity index (χ0n) is 5.78. The van der Waals surface area contributed by atoms with Crippen LogP contribution in [0.3, 0.4) is 0 Å². The van der Waals surface area contributed by atoms with Crippen LogP contribution in [-0.4, -0.2) is 30.2 Å². The number of aliphatic hydroxyl groups is 1. The molecule has 0 aliphatic carbocycles. The summed E-state index contributed by atoms with van der Waals surface area (Å²) in [6.07, 6.45) is 0.909. The highest BCUT2D eigenvalue weighted by molar-refractivity contribution is 5.14. The van der Waals surface area contributed by atoms with Gasteiger partial charge < -0.3 is 14.6 Å². The summed E-state index contributed by atoms with van der Waals surface area (Å²) in [4.78, 5) is 0. The number of hydrogen-bond donors (Lipinski definition) is 1. The van der Waals surface area contributed by atoms with E-state index in [9.17, 15) is 5.11 Å². The Kier molecular flexibility index (Phi) is 1.30. The molecule has 2 rings (SSSR count). The number of aliphatic hydroxyl groups excluding tert-OH is 1. The Morgan fingerprint density at radius 1 is 1.70 bits per heavy atom. The van der Waals surface area contributed by atoms with Gasteiger partial charge in [0, 0.05) is 0 Å². The van der Waals surface area contributed by atoms with Crippen LogP contribution in [0, 0.1) is 0 Å². The maximum absolute atomic E-state index is 9.24. The lowest BCUT2D eigenvalue weighted by atomic mass is 10.1. The van der Waals surface area contributed by atoms with Crippen molar-refractivity contribution in [3.63, 3.8) is 0 Å². The molecule has 0 aromatic heterocycles. The van der Waals surface area contributed by atoms with Crippen molar-refractivity contribution in [2.75, 3.05) is 6.61 Å². The molecule has 3 atom stereocenters. The van der Waals surface area contributed by atoms with Gasteiger partial charge in [0.05, 0.1) is 6.61 Å². The first-order chi connectivity index (χ1) is 4.77. The summed E-state index contributed by atoms with van der Waals surface area (Å²) in [7, 11) is 0. The first kappa shape index (κ1) is 6.34. The molecule has 1 saturated heterocycles. The molecule has 2 aliphatic rings. The average molecular weight is 142 g/mol. The van der Waals surface area contributed by atoms with E-state index in [4.69, 9.17) is 9.47 Å². The Morgan fingerprint density at radius 2 is 2.50 bits per heavy atom. The van der Waals surface area contributed by atoms with Crippen molar-refractivity contribution in [1.82, 2.24) is 0 Å². The second kappa shape index (κ2) is 2.05. The Bertz CT molecular complexity index is 176. The normalized spacial score (nSPS) is 45.4. The van der Waals surface area contributed by atoms with Crippen molar-refractivity contribution in [3.8, 4) is 0 Å². The number of rotatable bonds is 0. The highest BCUT2D eigenvalue weighted by atomic mass is 16.7. The topological polar surface area (TPSA) is 38.7 Å². The fourth-order valence-electron chi connectivity index (χ4n) is 1.30. The van der Waals surface area contributed by atoms with Crippen molar-refractivity contribution in [3.05, 3.63) is 11.6 Å². The quantitative estimate of drug-likeness (QED) is 0.486. The molecule has 0 aromatic carbocycles. The van der Waals surface area contributed by atoms with Gasteiger partial charge in [-0.15, -0.1) is 0 Å². The summed E-state index contributed by atoms with van der Waals surface area (Å²) >= 11 is 0. The molecule has 0 spiro atoms. The van der Waals surface area contributed by atoms with Gasteiger partial charge in [-0.3, -0.25) is 0 Å². The largest absolute Gasteiger partial charge is 0.384 e. The Hall–Kier alpha value is -0.380. The summed E-state index contributed by atoms with van der Waals surface area (Å²) in [5, 5.41) is 9.24. The van der Waals surface area contributed by atoms with Crippen molar-refractivity contribution in [1.29, 1.82) is 0 Å². The van der Waals surface area contributed by atoms with Crippen LogP contribution in [0.1, 0.15) is 6.92 Å². The fourth-order valence-corrected chi connectivity index (χ4v) is 1.30. The molecule has 2 aliphatic heterocycles. The molecule has 56 valence electrons. The highest BCUT2D eigenvalue weighted by Crippen LogP contribution is 2.26. The van der Waals surface area contributed by atoms with Gasteiger partial charge >= 0.3 is 0 Å². The van der Waals surface area contributed by atoms with Crippen LogP contribution < -0.4 is 0 Å². The summed E-state index contributed by atoms with van der Waals surface area (Å²) in [6.45, 7) is 2.53. The first-order valence-corrected chi connectivity index (χ1v) is 3.41. The predicted molar refractivity (Wildman–Crippen MR) is 34.4 cm³/mol. The second-order valence-corrected chi connectivity index (χ2v) is 2.73. The van der Waals surface area contributed by atoms with E-state index in [2.05, 4.69) is 0 Å². The van der Waals surface area contributed by atoms with Crippen molar-refractivity contribution < 1.29 is 14.6 Å². The molecule has 0 saturated carbocycles. The lowest BCUT2D eigenvalue weighted by Crippen LogP contribution is -2.30. The third-order valence-electron chi connectivity index (χ3n) is 1.93. The Balaban J connectivity index is 2.25. The molecule has 0 aromatic rings. The highest BCUT2D eigenvalue weighted by Gasteiger charge is 2.35. The van der Waals surface area contributed by atoms with Crippen molar-refractivity contribution >= 4 is 0 Å². The number of fused-ring (bicyclic) bond motifs is 2. The lowest BCUT2D eigenvalue weighted by Gasteiger charge is -2.20. The van der Waals surface area contributed by atoms with Gasteiger partial charge in [0.1, 0.15) is 12.2 Å². The van der Waals surface area contributed by atoms with Crippen LogP contribution in [-0.2, 0) is 9.47 Å². The third kappa shape index (κ3) is 0.785. The molecule has 2 heterocycles. The zero-order chi connectivity index (χ0) is 7.14. The standard InChI is InChI=1S/C7H10O3/c1-4-2-5(8)7-9-3-6(4)10-7/h2,5-8H,3H2,1H3/t5-,6-,7-/m1/s1. The van der Waals surface area contributed by atoms with Crippen LogP contribution in [0.4, 0.5) is 0 Å². The molecular weight excluding hydrogens is 132 g/mol. The lowest BCUT2D eigenvalue weighted by molar-refractivity contribution is -0.117. The van der Waals surface area contributed by atoms with E-state index in [1.165, 1.54) is 0 Å². The minimum atomic E-state index is -0.571. The Labute approximate surface area is 59.2 Å². The van der Waals surface area contributed by atoms with Gasteiger partial charge in [-0.05, 0) is 18.6 Å². The molecule has 1 N–H and O–H groups in total. The van der Waals surface area contributed by atoms with Crippen LogP contribution in [0.5, 0.6) is 0 Å². The van der Waals surface area contributed by atoms with E-state index in [-0.39, 0.29) is 6.10 Å². The number of hydrogen-bond acceptors (Lipinski definition) is 3. The van der Waals surface area contributed by atoms with Crippen LogP contribution >= 0.6 is 0 Å². The summed E-state index contributed by atoms with van der Waals surface area (Å²) < 4.78 is 10.4. The van der Waals surface area contributed by atoms with E-state index in [0.29, 0.717) is 6.61 Å². The van der Waals surface area contributed by atoms with Gasteiger partial charge in [0.15, 0.2) is 6.29 Å². The molecule has 3 nitrogen and oxygen atoms in total. The van der Waals surface area contributed by atoms with E-state index in [1.54, 1.807) is 6.08 Å². The van der Waals surface area contributed by atoms with E-state index < -0.39 is 12.4 Å². The smallest absolute Gasteiger partial charge is 0.188 e. The molecule has 3 heteroatoms. The van der Waals surface area contributed by atoms with Gasteiger partial charge in [-0.1, -0.05) is 0 Å². The average Bonchev–Trinajstić information content (AvgIpc) is 2.28. The molecule has 0 radical (unpaired) electrons. The molecule has 0 unspecified atom stereocenters. The minimum absolute atomic E-state index is 0.0911. The summed E-state index contributed by atoms with van der Waals surface area (Å²) in [6, 6.07) is 0. The molecule has 1 fully saturated rings. The van der Waals surface area contributed by atoms with Crippen molar-refractivity contribution in [2.45, 2.75) is 25.4 Å². The summed E-state index contributed by atoms with van der Waals surface area (Å²) in [5.41, 5.74) is 1.07. The van der Waals surface area contributed by atoms with E-state index in [0.717, 1.165) is 5.57 Å². The van der Waals surface area contributed by atoms with Crippen LogP contribution in [0.2, 0.25) is 0 Å². The molecule has 0 amide bonds. The van der Waals surface area contributed by atoms with Gasteiger partial charge in [-0.2, -0.15) is 0 Å². The van der Waals surface area contributed by atoms with Gasteiger partial charge in [0.2, 0.25) is 0 Å². The SMILES string of the molecule is CC1=C[C@@H](O)[C@@H]2OC[C@H]1O2. The van der Waals surface area contributed by atoms with Crippen LogP contribution in [0.15, 0.2) is 11.6 Å². The third-order valence-corrected chi connectivity index (χ3v) is 1.93. The van der Waals surface area contributed by atoms with E-state index >= 15 is 0 Å². The fraction of sp³-hybridized carbons (Fsp3) is 0.714. The van der Waals surface area contributed by atoms with Gasteiger partial charge in [0.25, 0.3) is 0 Å². The molecule has 10 heavy (non-hydrogen) atoms. The second-order valence-electron chi connectivity index (χ2n) is 2.73. The van der Waals surface area contributed by atoms with Crippen LogP contribution in [0.25, 0.3) is 0 Å². The maximum Gasteiger partial charge on any atom is 0.188 e. The Morgan fingerprint density at radius 3 is 3.30 bits per heavy atom. The number of ether oxygens (including phenoxy) is 2. The minimum Gasteiger partial charge on any atom is -0.384 e. The first-order valence-electron chi connectivity index (χ1n) is 3.41. The molecular formula is C7H10O3. The monoisotopic (exact) mass is 142 g/mol. The van der Waals surface area contributed by atoms with Crippen molar-refractivity contribution in [2.24, 2.45) is 0 Å². The predicted octanol–water partition coefficient (Wildman–Crippen LogP) is 0.0487. The van der Waals surface area contributed by atoms with E-state index in [1.807, 2.05) is 6.92 Å². The van der Waals surface area contributed by atoms with Gasteiger partial charge in [-0.25, -0.2) is 0 Å². The summed E-state index contributed by atoms with van der Waals surface area (Å²) in [5.74, 6) is 0. The maximum atomic E-state index is 9.24. The zero-order valence-corrected chi connectivity index (χ0v) is 5.78.